The molecule has 1 atom stereocenters. The molecule has 18 heavy (non-hydrogen) atoms. The molecule has 4 heteroatoms. The Bertz CT molecular complexity index is 270. The van der Waals surface area contributed by atoms with Crippen LogP contribution in [0.1, 0.15) is 64.7 Å². The molecule has 1 rings (SSSR count). The molecule has 0 heterocycles. The summed E-state index contributed by atoms with van der Waals surface area (Å²) < 4.78 is 0. The van der Waals surface area contributed by atoms with Gasteiger partial charge in [0, 0.05) is 5.92 Å². The van der Waals surface area contributed by atoms with Crippen molar-refractivity contribution >= 4 is 11.9 Å². The molecule has 1 fully saturated rings. The lowest BCUT2D eigenvalue weighted by atomic mass is 9.90. The molecule has 0 spiro atoms. The highest BCUT2D eigenvalue weighted by molar-refractivity contribution is 5.84. The van der Waals surface area contributed by atoms with E-state index in [4.69, 9.17) is 5.11 Å². The second-order valence-electron chi connectivity index (χ2n) is 5.23. The van der Waals surface area contributed by atoms with Gasteiger partial charge in [0.15, 0.2) is 0 Å². The maximum atomic E-state index is 12.1. The summed E-state index contributed by atoms with van der Waals surface area (Å²) in [5, 5.41) is 11.7. The number of carbonyl (C=O) groups excluding carboxylic acids is 1. The Morgan fingerprint density at radius 1 is 1.17 bits per heavy atom. The summed E-state index contributed by atoms with van der Waals surface area (Å²) in [6, 6.07) is -0.715. The number of amides is 1. The van der Waals surface area contributed by atoms with Gasteiger partial charge in [-0.1, -0.05) is 45.4 Å². The summed E-state index contributed by atoms with van der Waals surface area (Å²) in [5.74, 6) is -0.960. The first kappa shape index (κ1) is 15.0. The molecule has 1 aliphatic rings. The van der Waals surface area contributed by atoms with Crippen LogP contribution in [0, 0.1) is 5.92 Å². The van der Waals surface area contributed by atoms with E-state index in [1.807, 2.05) is 6.92 Å². The van der Waals surface area contributed by atoms with Crippen LogP contribution in [-0.2, 0) is 9.59 Å². The lowest BCUT2D eigenvalue weighted by Gasteiger charge is -2.21. The molecule has 1 saturated carbocycles. The molecule has 0 unspecified atom stereocenters. The minimum absolute atomic E-state index is 0.0176. The maximum Gasteiger partial charge on any atom is 0.326 e. The lowest BCUT2D eigenvalue weighted by molar-refractivity contribution is -0.142. The number of hydrogen-bond acceptors (Lipinski definition) is 2. The maximum absolute atomic E-state index is 12.1. The number of carbonyl (C=O) groups is 2. The third kappa shape index (κ3) is 5.07. The third-order valence-electron chi connectivity index (χ3n) is 3.67. The SMILES string of the molecule is CCC[C@H](NC(=O)C1CCCCCCC1)C(=O)O. The number of rotatable bonds is 5. The van der Waals surface area contributed by atoms with E-state index < -0.39 is 12.0 Å². The van der Waals surface area contributed by atoms with Crippen molar-refractivity contribution in [2.75, 3.05) is 0 Å². The number of carboxylic acids is 1. The highest BCUT2D eigenvalue weighted by Gasteiger charge is 2.24. The fraction of sp³-hybridized carbons (Fsp3) is 0.857. The monoisotopic (exact) mass is 255 g/mol. The average molecular weight is 255 g/mol. The van der Waals surface area contributed by atoms with Gasteiger partial charge in [0.25, 0.3) is 0 Å². The topological polar surface area (TPSA) is 66.4 Å². The largest absolute Gasteiger partial charge is 0.480 e. The van der Waals surface area contributed by atoms with Gasteiger partial charge in [-0.25, -0.2) is 4.79 Å². The van der Waals surface area contributed by atoms with Gasteiger partial charge in [0.2, 0.25) is 5.91 Å². The van der Waals surface area contributed by atoms with Crippen molar-refractivity contribution in [3.63, 3.8) is 0 Å². The molecule has 1 aliphatic carbocycles. The van der Waals surface area contributed by atoms with Crippen molar-refractivity contribution in [1.29, 1.82) is 0 Å². The summed E-state index contributed by atoms with van der Waals surface area (Å²) in [7, 11) is 0. The number of nitrogens with one attached hydrogen (secondary N) is 1. The van der Waals surface area contributed by atoms with Gasteiger partial charge in [-0.3, -0.25) is 4.79 Å². The van der Waals surface area contributed by atoms with E-state index in [0.29, 0.717) is 6.42 Å². The summed E-state index contributed by atoms with van der Waals surface area (Å²) in [5.41, 5.74) is 0. The predicted molar refractivity (Wildman–Crippen MR) is 70.3 cm³/mol. The Hall–Kier alpha value is -1.06. The van der Waals surface area contributed by atoms with Gasteiger partial charge < -0.3 is 10.4 Å². The van der Waals surface area contributed by atoms with Gasteiger partial charge in [-0.2, -0.15) is 0 Å². The van der Waals surface area contributed by atoms with Gasteiger partial charge in [0.1, 0.15) is 6.04 Å². The van der Waals surface area contributed by atoms with Crippen molar-refractivity contribution in [1.82, 2.24) is 5.32 Å². The number of aliphatic carboxylic acids is 1. The normalized spacial score (nSPS) is 19.6. The molecule has 0 radical (unpaired) electrons. The number of carboxylic acid groups (broad SMARTS) is 1. The smallest absolute Gasteiger partial charge is 0.326 e. The van der Waals surface area contributed by atoms with Crippen LogP contribution in [0.2, 0.25) is 0 Å². The zero-order chi connectivity index (χ0) is 13.4. The average Bonchev–Trinajstić information content (AvgIpc) is 2.27. The molecule has 2 N–H and O–H groups in total. The Balaban J connectivity index is 2.47. The van der Waals surface area contributed by atoms with Crippen LogP contribution >= 0.6 is 0 Å². The molecular formula is C14H25NO3. The Kier molecular flexibility index (Phi) is 6.76. The van der Waals surface area contributed by atoms with Crippen LogP contribution in [0.15, 0.2) is 0 Å². The van der Waals surface area contributed by atoms with Crippen molar-refractivity contribution in [3.05, 3.63) is 0 Å². The Morgan fingerprint density at radius 2 is 1.72 bits per heavy atom. The van der Waals surface area contributed by atoms with E-state index in [9.17, 15) is 9.59 Å². The van der Waals surface area contributed by atoms with Crippen molar-refractivity contribution in [3.8, 4) is 0 Å². The van der Waals surface area contributed by atoms with Gasteiger partial charge >= 0.3 is 5.97 Å². The van der Waals surface area contributed by atoms with Crippen LogP contribution in [0.5, 0.6) is 0 Å². The van der Waals surface area contributed by atoms with Crippen molar-refractivity contribution in [2.45, 2.75) is 70.8 Å². The first-order valence-corrected chi connectivity index (χ1v) is 7.18. The quantitative estimate of drug-likeness (QED) is 0.793. The van der Waals surface area contributed by atoms with Crippen molar-refractivity contribution < 1.29 is 14.7 Å². The molecular weight excluding hydrogens is 230 g/mol. The Labute approximate surface area is 109 Å². The first-order chi connectivity index (χ1) is 8.65. The van der Waals surface area contributed by atoms with Gasteiger partial charge in [-0.15, -0.1) is 0 Å². The minimum atomic E-state index is -0.920. The second kappa shape index (κ2) is 8.11. The predicted octanol–water partition coefficient (Wildman–Crippen LogP) is 2.72. The summed E-state index contributed by atoms with van der Waals surface area (Å²) >= 11 is 0. The summed E-state index contributed by atoms with van der Waals surface area (Å²) in [4.78, 5) is 23.1. The van der Waals surface area contributed by atoms with E-state index in [1.54, 1.807) is 0 Å². The second-order valence-corrected chi connectivity index (χ2v) is 5.23. The molecule has 0 aromatic rings. The standard InChI is InChI=1S/C14H25NO3/c1-2-8-12(14(17)18)15-13(16)11-9-6-4-3-5-7-10-11/h11-12H,2-10H2,1H3,(H,15,16)(H,17,18)/t12-/m0/s1. The zero-order valence-corrected chi connectivity index (χ0v) is 11.3. The molecule has 0 aromatic heterocycles. The molecule has 1 amide bonds. The fourth-order valence-electron chi connectivity index (χ4n) is 2.55. The van der Waals surface area contributed by atoms with Crippen LogP contribution in [0.25, 0.3) is 0 Å². The highest BCUT2D eigenvalue weighted by Crippen LogP contribution is 2.22. The van der Waals surface area contributed by atoms with E-state index in [1.165, 1.54) is 19.3 Å². The van der Waals surface area contributed by atoms with Crippen LogP contribution in [0.4, 0.5) is 0 Å². The molecule has 4 nitrogen and oxygen atoms in total. The zero-order valence-electron chi connectivity index (χ0n) is 11.3. The fourth-order valence-corrected chi connectivity index (χ4v) is 2.55. The molecule has 104 valence electrons. The molecule has 0 aromatic carbocycles. The summed E-state index contributed by atoms with van der Waals surface area (Å²) in [6.07, 6.45) is 8.92. The van der Waals surface area contributed by atoms with E-state index in [0.717, 1.165) is 32.1 Å². The lowest BCUT2D eigenvalue weighted by Crippen LogP contribution is -2.43. The third-order valence-corrected chi connectivity index (χ3v) is 3.67. The van der Waals surface area contributed by atoms with Crippen molar-refractivity contribution in [2.24, 2.45) is 5.92 Å². The van der Waals surface area contributed by atoms with E-state index in [-0.39, 0.29) is 11.8 Å². The number of hydrogen-bond donors (Lipinski definition) is 2. The van der Waals surface area contributed by atoms with E-state index in [2.05, 4.69) is 5.32 Å². The first-order valence-electron chi connectivity index (χ1n) is 7.18. The Morgan fingerprint density at radius 3 is 2.22 bits per heavy atom. The molecule has 0 bridgehead atoms. The van der Waals surface area contributed by atoms with E-state index >= 15 is 0 Å². The highest BCUT2D eigenvalue weighted by atomic mass is 16.4. The van der Waals surface area contributed by atoms with Crippen LogP contribution < -0.4 is 5.32 Å². The molecule has 0 saturated heterocycles. The summed E-state index contributed by atoms with van der Waals surface area (Å²) in [6.45, 7) is 1.93. The van der Waals surface area contributed by atoms with Gasteiger partial charge in [-0.05, 0) is 19.3 Å². The van der Waals surface area contributed by atoms with Gasteiger partial charge in [0.05, 0.1) is 0 Å². The molecule has 0 aliphatic heterocycles. The minimum Gasteiger partial charge on any atom is -0.480 e. The van der Waals surface area contributed by atoms with Crippen LogP contribution in [0.3, 0.4) is 0 Å². The van der Waals surface area contributed by atoms with Crippen LogP contribution in [-0.4, -0.2) is 23.0 Å².